The largest absolute Gasteiger partial charge is 0.480 e. The molecule has 2 rings (SSSR count). The number of β-amino-alcohol motifs (C(OH)–C–C–N with tert-alkyl or cyclic N) is 1. The van der Waals surface area contributed by atoms with Gasteiger partial charge in [-0.3, -0.25) is 0 Å². The summed E-state index contributed by atoms with van der Waals surface area (Å²) in [5.74, 6) is -3.17. The van der Waals surface area contributed by atoms with Gasteiger partial charge in [0.05, 0.1) is 6.10 Å². The predicted molar refractivity (Wildman–Crippen MR) is 68.9 cm³/mol. The summed E-state index contributed by atoms with van der Waals surface area (Å²) >= 11 is 0. The minimum absolute atomic E-state index is 0.123. The number of benzene rings is 1. The van der Waals surface area contributed by atoms with E-state index in [9.17, 15) is 23.5 Å². The Morgan fingerprint density at radius 2 is 2.05 bits per heavy atom. The van der Waals surface area contributed by atoms with Crippen LogP contribution in [0.5, 0.6) is 0 Å². The van der Waals surface area contributed by atoms with Gasteiger partial charge in [0.2, 0.25) is 0 Å². The van der Waals surface area contributed by atoms with Crippen molar-refractivity contribution in [2.75, 3.05) is 11.9 Å². The summed E-state index contributed by atoms with van der Waals surface area (Å²) in [6.45, 7) is 1.20. The molecule has 2 atom stereocenters. The van der Waals surface area contributed by atoms with E-state index in [-0.39, 0.29) is 18.5 Å². The third-order valence-electron chi connectivity index (χ3n) is 3.34. The fraction of sp³-hybridized carbons (Fsp3) is 0.385. The number of rotatable bonds is 2. The summed E-state index contributed by atoms with van der Waals surface area (Å²) in [5.41, 5.74) is -0.492. The Hall–Kier alpha value is -2.22. The van der Waals surface area contributed by atoms with Crippen molar-refractivity contribution in [1.82, 2.24) is 4.90 Å². The number of carboxylic acids is 1. The average molecular weight is 300 g/mol. The molecule has 114 valence electrons. The van der Waals surface area contributed by atoms with E-state index in [1.807, 2.05) is 5.32 Å². The van der Waals surface area contributed by atoms with Gasteiger partial charge < -0.3 is 20.4 Å². The summed E-state index contributed by atoms with van der Waals surface area (Å²) in [4.78, 5) is 23.9. The van der Waals surface area contributed by atoms with Crippen molar-refractivity contribution in [2.24, 2.45) is 0 Å². The molecule has 0 spiro atoms. The molecule has 21 heavy (non-hydrogen) atoms. The van der Waals surface area contributed by atoms with Crippen LogP contribution in [0, 0.1) is 18.6 Å². The van der Waals surface area contributed by atoms with Crippen molar-refractivity contribution < 1.29 is 28.6 Å². The van der Waals surface area contributed by atoms with Gasteiger partial charge in [-0.15, -0.1) is 0 Å². The number of hydrogen-bond acceptors (Lipinski definition) is 3. The molecule has 0 aromatic heterocycles. The van der Waals surface area contributed by atoms with Crippen molar-refractivity contribution in [1.29, 1.82) is 0 Å². The van der Waals surface area contributed by atoms with Gasteiger partial charge in [-0.05, 0) is 18.6 Å². The van der Waals surface area contributed by atoms with Crippen LogP contribution >= 0.6 is 0 Å². The SMILES string of the molecule is Cc1ccc(F)c(NC(=O)N2C[C@H](O)C[C@@H]2C(=O)O)c1F. The molecule has 1 heterocycles. The van der Waals surface area contributed by atoms with Crippen molar-refractivity contribution in [3.05, 3.63) is 29.3 Å². The first kappa shape index (κ1) is 15.2. The molecule has 1 aliphatic rings. The molecule has 0 radical (unpaired) electrons. The van der Waals surface area contributed by atoms with Gasteiger partial charge >= 0.3 is 12.0 Å². The van der Waals surface area contributed by atoms with E-state index in [1.165, 1.54) is 13.0 Å². The number of anilines is 1. The van der Waals surface area contributed by atoms with Crippen molar-refractivity contribution in [2.45, 2.75) is 25.5 Å². The normalized spacial score (nSPS) is 21.4. The van der Waals surface area contributed by atoms with Gasteiger partial charge in [0.1, 0.15) is 17.5 Å². The first-order valence-corrected chi connectivity index (χ1v) is 6.24. The topological polar surface area (TPSA) is 89.9 Å². The van der Waals surface area contributed by atoms with Gasteiger partial charge in [-0.25, -0.2) is 18.4 Å². The monoisotopic (exact) mass is 300 g/mol. The maximum Gasteiger partial charge on any atom is 0.326 e. The van der Waals surface area contributed by atoms with Gasteiger partial charge in [0.25, 0.3) is 0 Å². The molecule has 0 bridgehead atoms. The van der Waals surface area contributed by atoms with Gasteiger partial charge in [0.15, 0.2) is 5.82 Å². The second kappa shape index (κ2) is 5.65. The maximum absolute atomic E-state index is 13.8. The fourth-order valence-electron chi connectivity index (χ4n) is 2.22. The Labute approximate surface area is 119 Å². The van der Waals surface area contributed by atoms with E-state index in [0.29, 0.717) is 0 Å². The molecule has 1 saturated heterocycles. The van der Waals surface area contributed by atoms with Crippen molar-refractivity contribution >= 4 is 17.7 Å². The molecule has 2 amide bonds. The number of hydrogen-bond donors (Lipinski definition) is 3. The number of urea groups is 1. The third kappa shape index (κ3) is 2.94. The quantitative estimate of drug-likeness (QED) is 0.768. The molecule has 1 aromatic carbocycles. The summed E-state index contributed by atoms with van der Waals surface area (Å²) in [7, 11) is 0. The van der Waals surface area contributed by atoms with E-state index < -0.39 is 41.5 Å². The van der Waals surface area contributed by atoms with Gasteiger partial charge in [0, 0.05) is 13.0 Å². The Bertz CT molecular complexity index is 594. The number of aliphatic hydroxyl groups excluding tert-OH is 1. The molecule has 3 N–H and O–H groups in total. The number of nitrogens with one attached hydrogen (secondary N) is 1. The maximum atomic E-state index is 13.8. The van der Waals surface area contributed by atoms with E-state index in [0.717, 1.165) is 11.0 Å². The second-order valence-electron chi connectivity index (χ2n) is 4.88. The molecule has 0 unspecified atom stereocenters. The first-order valence-electron chi connectivity index (χ1n) is 6.24. The highest BCUT2D eigenvalue weighted by atomic mass is 19.1. The zero-order chi connectivity index (χ0) is 15.7. The third-order valence-corrected chi connectivity index (χ3v) is 3.34. The molecule has 0 saturated carbocycles. The molecule has 1 fully saturated rings. The molecular formula is C13H14F2N2O4. The van der Waals surface area contributed by atoms with Crippen LogP contribution in [-0.2, 0) is 4.79 Å². The molecule has 8 heteroatoms. The van der Waals surface area contributed by atoms with Crippen LogP contribution in [0.1, 0.15) is 12.0 Å². The van der Waals surface area contributed by atoms with Crippen molar-refractivity contribution in [3.8, 4) is 0 Å². The Kier molecular flexibility index (Phi) is 4.08. The molecule has 1 aliphatic heterocycles. The summed E-state index contributed by atoms with van der Waals surface area (Å²) in [5, 5.41) is 20.5. The molecule has 6 nitrogen and oxygen atoms in total. The van der Waals surface area contributed by atoms with Gasteiger partial charge in [-0.2, -0.15) is 0 Å². The number of carboxylic acid groups (broad SMARTS) is 1. The standard InChI is InChI=1S/C13H14F2N2O4/c1-6-2-3-8(14)11(10(6)15)16-13(21)17-5-7(18)4-9(17)12(19)20/h2-3,7,9,18H,4-5H2,1H3,(H,16,21)(H,19,20)/t7-,9-/m1/s1. The van der Waals surface area contributed by atoms with Crippen LogP contribution in [-0.4, -0.2) is 45.8 Å². The van der Waals surface area contributed by atoms with Crippen LogP contribution < -0.4 is 5.32 Å². The van der Waals surface area contributed by atoms with Crippen LogP contribution in [0.15, 0.2) is 12.1 Å². The lowest BCUT2D eigenvalue weighted by atomic mass is 10.2. The number of likely N-dealkylation sites (tertiary alicyclic amines) is 1. The summed E-state index contributed by atoms with van der Waals surface area (Å²) in [6.07, 6.45) is -1.11. The predicted octanol–water partition coefficient (Wildman–Crippen LogP) is 1.32. The minimum atomic E-state index is -1.29. The average Bonchev–Trinajstić information content (AvgIpc) is 2.81. The second-order valence-corrected chi connectivity index (χ2v) is 4.88. The molecule has 0 aliphatic carbocycles. The fourth-order valence-corrected chi connectivity index (χ4v) is 2.22. The number of aryl methyl sites for hydroxylation is 1. The highest BCUT2D eigenvalue weighted by molar-refractivity contribution is 5.93. The van der Waals surface area contributed by atoms with Crippen LogP contribution in [0.4, 0.5) is 19.3 Å². The Morgan fingerprint density at radius 3 is 2.67 bits per heavy atom. The number of carbonyl (C=O) groups excluding carboxylic acids is 1. The lowest BCUT2D eigenvalue weighted by Gasteiger charge is -2.22. The molecular weight excluding hydrogens is 286 g/mol. The van der Waals surface area contributed by atoms with Crippen LogP contribution in [0.2, 0.25) is 0 Å². The number of carbonyl (C=O) groups is 2. The number of aliphatic carboxylic acids is 1. The highest BCUT2D eigenvalue weighted by Gasteiger charge is 2.39. The number of halogens is 2. The molecule has 1 aromatic rings. The van der Waals surface area contributed by atoms with Gasteiger partial charge in [-0.1, -0.05) is 6.07 Å². The number of aliphatic hydroxyl groups is 1. The zero-order valence-corrected chi connectivity index (χ0v) is 11.1. The summed E-state index contributed by atoms with van der Waals surface area (Å²) < 4.78 is 27.4. The van der Waals surface area contributed by atoms with E-state index in [1.54, 1.807) is 0 Å². The lowest BCUT2D eigenvalue weighted by Crippen LogP contribution is -2.43. The smallest absolute Gasteiger partial charge is 0.326 e. The van der Waals surface area contributed by atoms with Crippen LogP contribution in [0.25, 0.3) is 0 Å². The van der Waals surface area contributed by atoms with Crippen LogP contribution in [0.3, 0.4) is 0 Å². The van der Waals surface area contributed by atoms with Crippen molar-refractivity contribution in [3.63, 3.8) is 0 Å². The van der Waals surface area contributed by atoms with E-state index in [2.05, 4.69) is 0 Å². The Morgan fingerprint density at radius 1 is 1.38 bits per heavy atom. The highest BCUT2D eigenvalue weighted by Crippen LogP contribution is 2.24. The minimum Gasteiger partial charge on any atom is -0.480 e. The van der Waals surface area contributed by atoms with E-state index in [4.69, 9.17) is 5.11 Å². The first-order chi connectivity index (χ1) is 9.81. The zero-order valence-electron chi connectivity index (χ0n) is 11.1. The summed E-state index contributed by atoms with van der Waals surface area (Å²) in [6, 6.07) is 0.0277. The number of amides is 2. The lowest BCUT2D eigenvalue weighted by molar-refractivity contribution is -0.141. The number of nitrogens with zero attached hydrogens (tertiary/aromatic N) is 1. The Balaban J connectivity index is 2.22. The van der Waals surface area contributed by atoms with E-state index >= 15 is 0 Å².